The Labute approximate surface area is 130 Å². The standard InChI is InChI=1S/C15H12ClN3OS/c16-12-5-8(3-9-4-10(6-17)20-14(9)12)13-11-1-2-21-15(11)19-7-18-13/h1-3,5,7,10H,4,6,17H2/t10-/m0/s1. The number of fused-ring (bicyclic) bond motifs is 2. The molecule has 3 aromatic rings. The molecule has 3 heterocycles. The first-order chi connectivity index (χ1) is 10.3. The van der Waals surface area contributed by atoms with Gasteiger partial charge in [-0.15, -0.1) is 11.3 Å². The van der Waals surface area contributed by atoms with E-state index < -0.39 is 0 Å². The predicted molar refractivity (Wildman–Crippen MR) is 85.0 cm³/mol. The predicted octanol–water partition coefficient (Wildman–Crippen LogP) is 3.27. The molecule has 21 heavy (non-hydrogen) atoms. The van der Waals surface area contributed by atoms with Crippen molar-refractivity contribution in [3.8, 4) is 17.0 Å². The molecule has 1 aliphatic heterocycles. The Morgan fingerprint density at radius 1 is 1.38 bits per heavy atom. The highest BCUT2D eigenvalue weighted by Crippen LogP contribution is 2.40. The van der Waals surface area contributed by atoms with Crippen LogP contribution in [0.15, 0.2) is 29.9 Å². The first-order valence-corrected chi connectivity index (χ1v) is 7.89. The molecule has 2 N–H and O–H groups in total. The third kappa shape index (κ3) is 2.09. The highest BCUT2D eigenvalue weighted by molar-refractivity contribution is 7.16. The van der Waals surface area contributed by atoms with Gasteiger partial charge >= 0.3 is 0 Å². The fraction of sp³-hybridized carbons (Fsp3) is 0.200. The van der Waals surface area contributed by atoms with Gasteiger partial charge in [-0.1, -0.05) is 11.6 Å². The third-order valence-electron chi connectivity index (χ3n) is 3.65. The molecule has 1 aliphatic rings. The summed E-state index contributed by atoms with van der Waals surface area (Å²) in [6, 6.07) is 6.03. The third-order valence-corrected chi connectivity index (χ3v) is 4.75. The average Bonchev–Trinajstić information content (AvgIpc) is 3.12. The number of hydrogen-bond acceptors (Lipinski definition) is 5. The van der Waals surface area contributed by atoms with Crippen LogP contribution < -0.4 is 10.5 Å². The summed E-state index contributed by atoms with van der Waals surface area (Å²) in [6.45, 7) is 0.489. The maximum Gasteiger partial charge on any atom is 0.141 e. The molecule has 0 amide bonds. The van der Waals surface area contributed by atoms with Crippen molar-refractivity contribution in [2.45, 2.75) is 12.5 Å². The van der Waals surface area contributed by atoms with E-state index in [1.807, 2.05) is 17.5 Å². The summed E-state index contributed by atoms with van der Waals surface area (Å²) >= 11 is 7.97. The topological polar surface area (TPSA) is 61.0 Å². The van der Waals surface area contributed by atoms with E-state index in [1.165, 1.54) is 0 Å². The van der Waals surface area contributed by atoms with Crippen molar-refractivity contribution in [3.63, 3.8) is 0 Å². The van der Waals surface area contributed by atoms with Gasteiger partial charge < -0.3 is 10.5 Å². The largest absolute Gasteiger partial charge is 0.487 e. The minimum absolute atomic E-state index is 0.0133. The summed E-state index contributed by atoms with van der Waals surface area (Å²) < 4.78 is 5.76. The van der Waals surface area contributed by atoms with Crippen molar-refractivity contribution in [3.05, 3.63) is 40.5 Å². The van der Waals surface area contributed by atoms with Crippen LogP contribution in [0, 0.1) is 0 Å². The van der Waals surface area contributed by atoms with Crippen LogP contribution >= 0.6 is 22.9 Å². The van der Waals surface area contributed by atoms with E-state index in [1.54, 1.807) is 17.7 Å². The SMILES string of the molecule is NC[C@@H]1Cc2cc(-c3ncnc4sccc34)cc(Cl)c2O1. The summed E-state index contributed by atoms with van der Waals surface area (Å²) in [5, 5.41) is 3.68. The zero-order chi connectivity index (χ0) is 14.4. The molecule has 106 valence electrons. The Balaban J connectivity index is 1.88. The van der Waals surface area contributed by atoms with Crippen molar-refractivity contribution < 1.29 is 4.74 Å². The van der Waals surface area contributed by atoms with E-state index in [2.05, 4.69) is 16.0 Å². The number of halogens is 1. The van der Waals surface area contributed by atoms with Crippen LogP contribution in [0.25, 0.3) is 21.5 Å². The van der Waals surface area contributed by atoms with Crippen LogP contribution in [0.1, 0.15) is 5.56 Å². The van der Waals surface area contributed by atoms with E-state index in [4.69, 9.17) is 22.1 Å². The molecule has 6 heteroatoms. The summed E-state index contributed by atoms with van der Waals surface area (Å²) in [7, 11) is 0. The molecule has 0 saturated carbocycles. The second-order valence-electron chi connectivity index (χ2n) is 4.99. The highest BCUT2D eigenvalue weighted by Gasteiger charge is 2.25. The number of aromatic nitrogens is 2. The fourth-order valence-electron chi connectivity index (χ4n) is 2.68. The molecule has 0 unspecified atom stereocenters. The zero-order valence-corrected chi connectivity index (χ0v) is 12.6. The van der Waals surface area contributed by atoms with Gasteiger partial charge in [0.2, 0.25) is 0 Å². The average molecular weight is 318 g/mol. The second kappa shape index (κ2) is 4.94. The Morgan fingerprint density at radius 2 is 2.29 bits per heavy atom. The molecule has 0 fully saturated rings. The molecule has 0 aliphatic carbocycles. The molecule has 1 aromatic carbocycles. The van der Waals surface area contributed by atoms with Gasteiger partial charge in [0.05, 0.1) is 10.7 Å². The molecule has 4 rings (SSSR count). The Hall–Kier alpha value is -1.69. The minimum Gasteiger partial charge on any atom is -0.487 e. The second-order valence-corrected chi connectivity index (χ2v) is 6.29. The van der Waals surface area contributed by atoms with Crippen LogP contribution in [0.3, 0.4) is 0 Å². The summed E-state index contributed by atoms with van der Waals surface area (Å²) in [6.07, 6.45) is 2.39. The van der Waals surface area contributed by atoms with Gasteiger partial charge in [0.1, 0.15) is 23.0 Å². The summed E-state index contributed by atoms with van der Waals surface area (Å²) in [5.74, 6) is 0.756. The number of rotatable bonds is 2. The lowest BCUT2D eigenvalue weighted by atomic mass is 10.0. The number of nitrogens with zero attached hydrogens (tertiary/aromatic N) is 2. The van der Waals surface area contributed by atoms with Gasteiger partial charge in [0.15, 0.2) is 0 Å². The molecule has 0 saturated heterocycles. The fourth-order valence-corrected chi connectivity index (χ4v) is 3.69. The maximum absolute atomic E-state index is 6.37. The van der Waals surface area contributed by atoms with Crippen molar-refractivity contribution in [2.24, 2.45) is 5.73 Å². The van der Waals surface area contributed by atoms with Crippen molar-refractivity contribution in [1.29, 1.82) is 0 Å². The molecule has 4 nitrogen and oxygen atoms in total. The molecule has 2 aromatic heterocycles. The first-order valence-electron chi connectivity index (χ1n) is 6.64. The lowest BCUT2D eigenvalue weighted by molar-refractivity contribution is 0.241. The quantitative estimate of drug-likeness (QED) is 0.788. The monoisotopic (exact) mass is 317 g/mol. The minimum atomic E-state index is 0.0133. The first kappa shape index (κ1) is 13.0. The van der Waals surface area contributed by atoms with Gasteiger partial charge in [-0.2, -0.15) is 0 Å². The van der Waals surface area contributed by atoms with Crippen molar-refractivity contribution >= 4 is 33.2 Å². The van der Waals surface area contributed by atoms with Crippen LogP contribution in [-0.4, -0.2) is 22.6 Å². The van der Waals surface area contributed by atoms with Crippen molar-refractivity contribution in [2.75, 3.05) is 6.54 Å². The summed E-state index contributed by atoms with van der Waals surface area (Å²) in [5.41, 5.74) is 8.67. The van der Waals surface area contributed by atoms with Crippen LogP contribution in [0.5, 0.6) is 5.75 Å². The normalized spacial score (nSPS) is 17.0. The van der Waals surface area contributed by atoms with Gasteiger partial charge in [-0.05, 0) is 23.6 Å². The van der Waals surface area contributed by atoms with Crippen molar-refractivity contribution in [1.82, 2.24) is 9.97 Å². The lowest BCUT2D eigenvalue weighted by Crippen LogP contribution is -2.24. The lowest BCUT2D eigenvalue weighted by Gasteiger charge is -2.08. The highest BCUT2D eigenvalue weighted by atomic mass is 35.5. The molecule has 0 radical (unpaired) electrons. The van der Waals surface area contributed by atoms with E-state index in [9.17, 15) is 0 Å². The molecule has 0 spiro atoms. The van der Waals surface area contributed by atoms with Gasteiger partial charge in [-0.25, -0.2) is 9.97 Å². The van der Waals surface area contributed by atoms with E-state index >= 15 is 0 Å². The molecule has 1 atom stereocenters. The van der Waals surface area contributed by atoms with Crippen LogP contribution in [0.2, 0.25) is 5.02 Å². The smallest absolute Gasteiger partial charge is 0.141 e. The number of thiophene rings is 1. The Morgan fingerprint density at radius 3 is 3.14 bits per heavy atom. The Kier molecular flexibility index (Phi) is 3.06. The van der Waals surface area contributed by atoms with Gasteiger partial charge in [-0.3, -0.25) is 0 Å². The van der Waals surface area contributed by atoms with E-state index in [0.717, 1.165) is 39.2 Å². The number of nitrogens with two attached hydrogens (primary N) is 1. The van der Waals surface area contributed by atoms with Crippen LogP contribution in [-0.2, 0) is 6.42 Å². The van der Waals surface area contributed by atoms with Gasteiger partial charge in [0.25, 0.3) is 0 Å². The Bertz CT molecular complexity index is 833. The molecular formula is C15H12ClN3OS. The number of benzene rings is 1. The van der Waals surface area contributed by atoms with Gasteiger partial charge in [0, 0.05) is 29.5 Å². The van der Waals surface area contributed by atoms with E-state index in [-0.39, 0.29) is 6.10 Å². The number of hydrogen-bond donors (Lipinski definition) is 1. The maximum atomic E-state index is 6.37. The molecule has 0 bridgehead atoms. The summed E-state index contributed by atoms with van der Waals surface area (Å²) in [4.78, 5) is 9.69. The zero-order valence-electron chi connectivity index (χ0n) is 11.0. The molecular weight excluding hydrogens is 306 g/mol. The van der Waals surface area contributed by atoms with E-state index in [0.29, 0.717) is 11.6 Å². The number of ether oxygens (including phenoxy) is 1. The van der Waals surface area contributed by atoms with Crippen LogP contribution in [0.4, 0.5) is 0 Å².